The predicted molar refractivity (Wildman–Crippen MR) is 85.9 cm³/mol. The van der Waals surface area contributed by atoms with Crippen molar-refractivity contribution in [2.45, 2.75) is 45.3 Å². The first-order valence-corrected chi connectivity index (χ1v) is 7.82. The Labute approximate surface area is 135 Å². The highest BCUT2D eigenvalue weighted by Crippen LogP contribution is 2.22. The molecular formula is C16H22ClFN2O2. The molecule has 0 aliphatic carbocycles. The molecule has 6 heteroatoms. The first-order valence-electron chi connectivity index (χ1n) is 7.44. The van der Waals surface area contributed by atoms with Crippen molar-refractivity contribution in [2.24, 2.45) is 0 Å². The normalized spacial score (nSPS) is 19.0. The molecule has 0 spiro atoms. The number of likely N-dealkylation sites (tertiary alicyclic amines) is 1. The van der Waals surface area contributed by atoms with E-state index in [4.69, 9.17) is 16.3 Å². The number of carbonyl (C=O) groups excluding carboxylic acids is 1. The van der Waals surface area contributed by atoms with Gasteiger partial charge in [0.2, 0.25) is 0 Å². The molecule has 0 radical (unpaired) electrons. The molecule has 1 N–H and O–H groups in total. The van der Waals surface area contributed by atoms with Crippen molar-refractivity contribution in [1.82, 2.24) is 4.90 Å². The van der Waals surface area contributed by atoms with Crippen LogP contribution < -0.4 is 5.32 Å². The topological polar surface area (TPSA) is 41.6 Å². The minimum absolute atomic E-state index is 0.0878. The molecule has 0 saturated carbocycles. The number of carbonyl (C=O) groups is 1. The van der Waals surface area contributed by atoms with Gasteiger partial charge in [-0.15, -0.1) is 0 Å². The third-order valence-corrected chi connectivity index (χ3v) is 3.65. The van der Waals surface area contributed by atoms with Crippen LogP contribution in [0.15, 0.2) is 18.2 Å². The highest BCUT2D eigenvalue weighted by atomic mass is 35.5. The Morgan fingerprint density at radius 1 is 1.45 bits per heavy atom. The quantitative estimate of drug-likeness (QED) is 0.880. The van der Waals surface area contributed by atoms with Gasteiger partial charge in [-0.25, -0.2) is 9.18 Å². The number of benzene rings is 1. The van der Waals surface area contributed by atoms with E-state index in [1.807, 2.05) is 20.8 Å². The molecule has 1 aromatic carbocycles. The van der Waals surface area contributed by atoms with Crippen LogP contribution >= 0.6 is 11.6 Å². The lowest BCUT2D eigenvalue weighted by molar-refractivity contribution is 0.0206. The Morgan fingerprint density at radius 3 is 2.82 bits per heavy atom. The van der Waals surface area contributed by atoms with E-state index in [0.29, 0.717) is 13.1 Å². The molecule has 122 valence electrons. The van der Waals surface area contributed by atoms with Crippen LogP contribution in [0.25, 0.3) is 0 Å². The van der Waals surface area contributed by atoms with E-state index in [1.54, 1.807) is 17.0 Å². The standard InChI is InChI=1S/C16H22ClFN2O2/c1-16(2,3)22-15(21)20-8-4-5-12(10-20)19-11-6-7-14(18)13(17)9-11/h6-7,9,12,19H,4-5,8,10H2,1-3H3. The summed E-state index contributed by atoms with van der Waals surface area (Å²) in [5.74, 6) is -0.439. The fraction of sp³-hybridized carbons (Fsp3) is 0.562. The number of anilines is 1. The lowest BCUT2D eigenvalue weighted by Crippen LogP contribution is -2.46. The number of halogens is 2. The Morgan fingerprint density at radius 2 is 2.18 bits per heavy atom. The Kier molecular flexibility index (Phi) is 5.16. The van der Waals surface area contributed by atoms with Crippen LogP contribution in [0.1, 0.15) is 33.6 Å². The lowest BCUT2D eigenvalue weighted by Gasteiger charge is -2.34. The molecule has 1 aliphatic heterocycles. The molecule has 0 bridgehead atoms. The Bertz CT molecular complexity index is 545. The number of hydrogen-bond donors (Lipinski definition) is 1. The molecule has 1 fully saturated rings. The molecule has 1 atom stereocenters. The van der Waals surface area contributed by atoms with Crippen LogP contribution in [-0.4, -0.2) is 35.7 Å². The zero-order valence-corrected chi connectivity index (χ0v) is 13.9. The van der Waals surface area contributed by atoms with Gasteiger partial charge in [0.05, 0.1) is 5.02 Å². The third kappa shape index (κ3) is 4.77. The van der Waals surface area contributed by atoms with Gasteiger partial charge in [0.1, 0.15) is 11.4 Å². The van der Waals surface area contributed by atoms with E-state index in [2.05, 4.69) is 5.32 Å². The van der Waals surface area contributed by atoms with Crippen molar-refractivity contribution < 1.29 is 13.9 Å². The summed E-state index contributed by atoms with van der Waals surface area (Å²) in [7, 11) is 0. The van der Waals surface area contributed by atoms with Crippen LogP contribution in [0.2, 0.25) is 5.02 Å². The second-order valence-electron chi connectivity index (χ2n) is 6.54. The summed E-state index contributed by atoms with van der Waals surface area (Å²) in [4.78, 5) is 13.8. The third-order valence-electron chi connectivity index (χ3n) is 3.36. The van der Waals surface area contributed by atoms with Gasteiger partial charge in [0.25, 0.3) is 0 Å². The van der Waals surface area contributed by atoms with Gasteiger partial charge < -0.3 is 15.0 Å². The van der Waals surface area contributed by atoms with Gasteiger partial charge in [-0.1, -0.05) is 11.6 Å². The van der Waals surface area contributed by atoms with Crippen LogP contribution in [0.3, 0.4) is 0 Å². The first kappa shape index (κ1) is 16.9. The van der Waals surface area contributed by atoms with Gasteiger partial charge in [0.15, 0.2) is 0 Å². The number of ether oxygens (including phenoxy) is 1. The molecular weight excluding hydrogens is 307 g/mol. The number of piperidine rings is 1. The average Bonchev–Trinajstić information content (AvgIpc) is 2.41. The van der Waals surface area contributed by atoms with Crippen LogP contribution in [-0.2, 0) is 4.74 Å². The molecule has 22 heavy (non-hydrogen) atoms. The molecule has 1 aliphatic rings. The molecule has 0 aromatic heterocycles. The molecule has 1 amide bonds. The fourth-order valence-electron chi connectivity index (χ4n) is 2.41. The maximum atomic E-state index is 13.2. The van der Waals surface area contributed by atoms with E-state index >= 15 is 0 Å². The Hall–Kier alpha value is -1.49. The number of nitrogens with zero attached hydrogens (tertiary/aromatic N) is 1. The van der Waals surface area contributed by atoms with E-state index in [9.17, 15) is 9.18 Å². The van der Waals surface area contributed by atoms with Crippen LogP contribution in [0.4, 0.5) is 14.9 Å². The van der Waals surface area contributed by atoms with Crippen LogP contribution in [0, 0.1) is 5.82 Å². The maximum absolute atomic E-state index is 13.2. The zero-order chi connectivity index (χ0) is 16.3. The first-order chi connectivity index (χ1) is 10.2. The second-order valence-corrected chi connectivity index (χ2v) is 6.95. The van der Waals surface area contributed by atoms with Crippen molar-refractivity contribution in [3.63, 3.8) is 0 Å². The molecule has 1 saturated heterocycles. The van der Waals surface area contributed by atoms with Crippen molar-refractivity contribution in [2.75, 3.05) is 18.4 Å². The minimum atomic E-state index is -0.498. The van der Waals surface area contributed by atoms with Gasteiger partial charge in [-0.05, 0) is 51.8 Å². The molecule has 4 nitrogen and oxygen atoms in total. The number of nitrogens with one attached hydrogen (secondary N) is 1. The summed E-state index contributed by atoms with van der Waals surface area (Å²) in [5, 5.41) is 3.38. The summed E-state index contributed by atoms with van der Waals surface area (Å²) in [6.07, 6.45) is 1.54. The van der Waals surface area contributed by atoms with Crippen LogP contribution in [0.5, 0.6) is 0 Å². The molecule has 1 unspecified atom stereocenters. The molecule has 1 heterocycles. The monoisotopic (exact) mass is 328 g/mol. The maximum Gasteiger partial charge on any atom is 0.410 e. The van der Waals surface area contributed by atoms with E-state index in [-0.39, 0.29) is 17.2 Å². The highest BCUT2D eigenvalue weighted by Gasteiger charge is 2.27. The summed E-state index contributed by atoms with van der Waals surface area (Å²) in [5.41, 5.74) is 0.254. The lowest BCUT2D eigenvalue weighted by atomic mass is 10.1. The summed E-state index contributed by atoms with van der Waals surface area (Å²) in [6.45, 7) is 6.81. The zero-order valence-electron chi connectivity index (χ0n) is 13.2. The summed E-state index contributed by atoms with van der Waals surface area (Å²) in [6, 6.07) is 4.64. The minimum Gasteiger partial charge on any atom is -0.444 e. The highest BCUT2D eigenvalue weighted by molar-refractivity contribution is 6.31. The number of hydrogen-bond acceptors (Lipinski definition) is 3. The van der Waals surface area contributed by atoms with Crippen molar-refractivity contribution in [1.29, 1.82) is 0 Å². The SMILES string of the molecule is CC(C)(C)OC(=O)N1CCCC(Nc2ccc(F)c(Cl)c2)C1. The smallest absolute Gasteiger partial charge is 0.410 e. The average molecular weight is 329 g/mol. The van der Waals surface area contributed by atoms with E-state index < -0.39 is 11.4 Å². The van der Waals surface area contributed by atoms with Crippen molar-refractivity contribution in [3.05, 3.63) is 29.0 Å². The summed E-state index contributed by atoms with van der Waals surface area (Å²) >= 11 is 5.78. The van der Waals surface area contributed by atoms with E-state index in [0.717, 1.165) is 18.5 Å². The largest absolute Gasteiger partial charge is 0.444 e. The van der Waals surface area contributed by atoms with Gasteiger partial charge >= 0.3 is 6.09 Å². The van der Waals surface area contributed by atoms with Crippen molar-refractivity contribution in [3.8, 4) is 0 Å². The van der Waals surface area contributed by atoms with E-state index in [1.165, 1.54) is 6.07 Å². The molecule has 2 rings (SSSR count). The number of amides is 1. The molecule has 1 aromatic rings. The van der Waals surface area contributed by atoms with Gasteiger partial charge in [-0.3, -0.25) is 0 Å². The van der Waals surface area contributed by atoms with Crippen molar-refractivity contribution >= 4 is 23.4 Å². The fourth-order valence-corrected chi connectivity index (χ4v) is 2.59. The Balaban J connectivity index is 1.95. The number of rotatable bonds is 2. The second kappa shape index (κ2) is 6.73. The summed E-state index contributed by atoms with van der Waals surface area (Å²) < 4.78 is 18.6. The van der Waals surface area contributed by atoms with Gasteiger partial charge in [0, 0.05) is 24.8 Å². The predicted octanol–water partition coefficient (Wildman–Crippen LogP) is 4.29. The van der Waals surface area contributed by atoms with Gasteiger partial charge in [-0.2, -0.15) is 0 Å².